The van der Waals surface area contributed by atoms with Gasteiger partial charge < -0.3 is 9.84 Å². The number of aliphatic hydroxyl groups excluding tert-OH is 1. The van der Waals surface area contributed by atoms with Gasteiger partial charge in [0.2, 0.25) is 0 Å². The van der Waals surface area contributed by atoms with Crippen LogP contribution in [-0.2, 0) is 14.3 Å². The molecule has 0 saturated carbocycles. The molecule has 0 radical (unpaired) electrons. The number of Topliss-reactive ketones (excluding diaryl/α,β-unsaturated/α-hetero) is 1. The van der Waals surface area contributed by atoms with Crippen molar-refractivity contribution in [1.82, 2.24) is 0 Å². The lowest BCUT2D eigenvalue weighted by atomic mass is 10.2. The number of carbonyl (C=O) groups excluding carboxylic acids is 2. The Morgan fingerprint density at radius 3 is 2.17 bits per heavy atom. The van der Waals surface area contributed by atoms with Crippen LogP contribution in [0, 0.1) is 0 Å². The molecule has 0 aliphatic rings. The molecule has 0 unspecified atom stereocenters. The van der Waals surface area contributed by atoms with Gasteiger partial charge in [0.1, 0.15) is 18.6 Å². The number of esters is 1. The van der Waals surface area contributed by atoms with Gasteiger partial charge in [0.05, 0.1) is 0 Å². The Bertz CT molecular complexity index is 178. The van der Waals surface area contributed by atoms with Crippen LogP contribution in [0.3, 0.4) is 0 Å². The van der Waals surface area contributed by atoms with Crippen LogP contribution < -0.4 is 0 Å². The maximum absolute atomic E-state index is 10.9. The molecule has 1 N–H and O–H groups in total. The number of aliphatic hydroxyl groups is 1. The lowest BCUT2D eigenvalue weighted by molar-refractivity contribution is -0.156. The SMILES string of the molecule is CC(C)(C)OC(=O)CC(=O)CO. The number of ether oxygens (including phenoxy) is 1. The molecule has 0 aromatic carbocycles. The van der Waals surface area contributed by atoms with Crippen LogP contribution >= 0.6 is 0 Å². The van der Waals surface area contributed by atoms with E-state index in [1.165, 1.54) is 0 Å². The third-order valence-corrected chi connectivity index (χ3v) is 0.938. The molecule has 4 heteroatoms. The molecule has 4 nitrogen and oxygen atoms in total. The molecule has 0 aromatic heterocycles. The van der Waals surface area contributed by atoms with Crippen LogP contribution in [0.15, 0.2) is 0 Å². The van der Waals surface area contributed by atoms with E-state index in [9.17, 15) is 9.59 Å². The lowest BCUT2D eigenvalue weighted by Gasteiger charge is -2.18. The second kappa shape index (κ2) is 4.21. The van der Waals surface area contributed by atoms with Gasteiger partial charge in [-0.2, -0.15) is 0 Å². The van der Waals surface area contributed by atoms with E-state index >= 15 is 0 Å². The van der Waals surface area contributed by atoms with Gasteiger partial charge in [-0.25, -0.2) is 0 Å². The molecule has 0 spiro atoms. The van der Waals surface area contributed by atoms with Crippen molar-refractivity contribution in [1.29, 1.82) is 0 Å². The summed E-state index contributed by atoms with van der Waals surface area (Å²) in [4.78, 5) is 21.4. The fraction of sp³-hybridized carbons (Fsp3) is 0.750. The first-order chi connectivity index (χ1) is 5.35. The van der Waals surface area contributed by atoms with Gasteiger partial charge in [0.25, 0.3) is 0 Å². The highest BCUT2D eigenvalue weighted by Crippen LogP contribution is 2.07. The van der Waals surface area contributed by atoms with Gasteiger partial charge in [-0.3, -0.25) is 9.59 Å². The molecule has 70 valence electrons. The maximum Gasteiger partial charge on any atom is 0.313 e. The summed E-state index contributed by atoms with van der Waals surface area (Å²) in [6.07, 6.45) is -0.353. The summed E-state index contributed by atoms with van der Waals surface area (Å²) >= 11 is 0. The van der Waals surface area contributed by atoms with E-state index in [0.717, 1.165) is 0 Å². The predicted octanol–water partition coefficient (Wildman–Crippen LogP) is 0.280. The molecule has 0 aliphatic carbocycles. The number of rotatable bonds is 3. The second-order valence-electron chi connectivity index (χ2n) is 3.46. The van der Waals surface area contributed by atoms with Crippen molar-refractivity contribution in [2.45, 2.75) is 32.8 Å². The Morgan fingerprint density at radius 2 is 1.83 bits per heavy atom. The van der Waals surface area contributed by atoms with Gasteiger partial charge in [-0.15, -0.1) is 0 Å². The van der Waals surface area contributed by atoms with Crippen LogP contribution in [0.4, 0.5) is 0 Å². The zero-order valence-corrected chi connectivity index (χ0v) is 7.59. The summed E-state index contributed by atoms with van der Waals surface area (Å²) in [7, 11) is 0. The fourth-order valence-electron chi connectivity index (χ4n) is 0.594. The molecular formula is C8H14O4. The molecule has 12 heavy (non-hydrogen) atoms. The van der Waals surface area contributed by atoms with E-state index < -0.39 is 24.0 Å². The molecule has 0 bridgehead atoms. The third kappa shape index (κ3) is 5.85. The van der Waals surface area contributed by atoms with E-state index in [0.29, 0.717) is 0 Å². The molecule has 0 amide bonds. The number of hydrogen-bond donors (Lipinski definition) is 1. The second-order valence-corrected chi connectivity index (χ2v) is 3.46. The van der Waals surface area contributed by atoms with E-state index in [-0.39, 0.29) is 6.42 Å². The van der Waals surface area contributed by atoms with Gasteiger partial charge in [0, 0.05) is 0 Å². The van der Waals surface area contributed by atoms with E-state index in [1.807, 2.05) is 0 Å². The minimum atomic E-state index is -0.612. The quantitative estimate of drug-likeness (QED) is 0.493. The molecule has 0 heterocycles. The fourth-order valence-corrected chi connectivity index (χ4v) is 0.594. The van der Waals surface area contributed by atoms with Gasteiger partial charge in [-0.1, -0.05) is 0 Å². The highest BCUT2D eigenvalue weighted by atomic mass is 16.6. The lowest BCUT2D eigenvalue weighted by Crippen LogP contribution is -2.25. The minimum absolute atomic E-state index is 0.353. The maximum atomic E-state index is 10.9. The summed E-state index contributed by atoms with van der Waals surface area (Å²) in [6.45, 7) is 4.54. The molecule has 0 saturated heterocycles. The van der Waals surface area contributed by atoms with E-state index in [1.54, 1.807) is 20.8 Å². The number of hydrogen-bond acceptors (Lipinski definition) is 4. The highest BCUT2D eigenvalue weighted by Gasteiger charge is 2.18. The monoisotopic (exact) mass is 174 g/mol. The molecule has 0 fully saturated rings. The minimum Gasteiger partial charge on any atom is -0.460 e. The van der Waals surface area contributed by atoms with E-state index in [4.69, 9.17) is 9.84 Å². The Kier molecular flexibility index (Phi) is 3.89. The van der Waals surface area contributed by atoms with Crippen molar-refractivity contribution in [2.24, 2.45) is 0 Å². The summed E-state index contributed by atoms with van der Waals surface area (Å²) in [5.74, 6) is -1.12. The summed E-state index contributed by atoms with van der Waals surface area (Å²) in [5, 5.41) is 8.32. The Balaban J connectivity index is 3.83. The molecule has 0 rings (SSSR count). The zero-order valence-electron chi connectivity index (χ0n) is 7.59. The largest absolute Gasteiger partial charge is 0.460 e. The average molecular weight is 174 g/mol. The van der Waals surface area contributed by atoms with Crippen LogP contribution in [0.25, 0.3) is 0 Å². The number of carbonyl (C=O) groups is 2. The first kappa shape index (κ1) is 11.1. The normalized spacial score (nSPS) is 11.0. The third-order valence-electron chi connectivity index (χ3n) is 0.938. The molecule has 0 atom stereocenters. The average Bonchev–Trinajstić information content (AvgIpc) is 1.82. The number of ketones is 1. The van der Waals surface area contributed by atoms with Gasteiger partial charge >= 0.3 is 5.97 Å². The summed E-state index contributed by atoms with van der Waals surface area (Å²) < 4.78 is 4.84. The van der Waals surface area contributed by atoms with Crippen LogP contribution in [0.1, 0.15) is 27.2 Å². The van der Waals surface area contributed by atoms with E-state index in [2.05, 4.69) is 0 Å². The van der Waals surface area contributed by atoms with Crippen molar-refractivity contribution >= 4 is 11.8 Å². The van der Waals surface area contributed by atoms with Crippen molar-refractivity contribution in [2.75, 3.05) is 6.61 Å². The summed E-state index contributed by atoms with van der Waals surface area (Å²) in [6, 6.07) is 0. The van der Waals surface area contributed by atoms with Crippen molar-refractivity contribution in [3.8, 4) is 0 Å². The summed E-state index contributed by atoms with van der Waals surface area (Å²) in [5.41, 5.74) is -0.577. The van der Waals surface area contributed by atoms with Crippen molar-refractivity contribution < 1.29 is 19.4 Å². The van der Waals surface area contributed by atoms with Crippen molar-refractivity contribution in [3.05, 3.63) is 0 Å². The first-order valence-corrected chi connectivity index (χ1v) is 3.69. The van der Waals surface area contributed by atoms with Crippen LogP contribution in [0.2, 0.25) is 0 Å². The highest BCUT2D eigenvalue weighted by molar-refractivity contribution is 5.96. The first-order valence-electron chi connectivity index (χ1n) is 3.69. The van der Waals surface area contributed by atoms with Gasteiger partial charge in [-0.05, 0) is 20.8 Å². The Morgan fingerprint density at radius 1 is 1.33 bits per heavy atom. The van der Waals surface area contributed by atoms with Crippen LogP contribution in [0.5, 0.6) is 0 Å². The zero-order chi connectivity index (χ0) is 9.78. The van der Waals surface area contributed by atoms with Gasteiger partial charge in [0.15, 0.2) is 5.78 Å². The Labute approximate surface area is 71.5 Å². The van der Waals surface area contributed by atoms with Crippen LogP contribution in [-0.4, -0.2) is 29.1 Å². The topological polar surface area (TPSA) is 63.6 Å². The van der Waals surface area contributed by atoms with Crippen molar-refractivity contribution in [3.63, 3.8) is 0 Å². The standard InChI is InChI=1S/C8H14O4/c1-8(2,3)12-7(11)4-6(10)5-9/h9H,4-5H2,1-3H3. The predicted molar refractivity (Wildman–Crippen MR) is 42.6 cm³/mol. The molecular weight excluding hydrogens is 160 g/mol. The molecule has 0 aromatic rings. The Hall–Kier alpha value is -0.900. The molecule has 0 aliphatic heterocycles. The smallest absolute Gasteiger partial charge is 0.313 e.